The molecule has 1 N–H and O–H groups in total. The van der Waals surface area contributed by atoms with Crippen LogP contribution in [0.1, 0.15) is 6.92 Å². The molecule has 0 amide bonds. The summed E-state index contributed by atoms with van der Waals surface area (Å²) in [5, 5.41) is 3.30. The van der Waals surface area contributed by atoms with Crippen LogP contribution in [0.5, 0.6) is 11.5 Å². The lowest BCUT2D eigenvalue weighted by Gasteiger charge is -2.10. The average molecular weight is 336 g/mol. The minimum Gasteiger partial charge on any atom is -0.494 e. The molecule has 0 fully saturated rings. The molecule has 106 valence electrons. The molecule has 0 heterocycles. The summed E-state index contributed by atoms with van der Waals surface area (Å²) in [4.78, 5) is 0. The maximum Gasteiger partial charge on any atom is 0.123 e. The minimum absolute atomic E-state index is 0.603. The third kappa shape index (κ3) is 4.78. The standard InChI is InChI=1S/C16H18BrNO2/c1-2-19-15-4-3-5-16(12-15)20-11-10-18-14-8-6-13(17)7-9-14/h3-9,12,18H,2,10-11H2,1H3. The zero-order chi connectivity index (χ0) is 14.2. The van der Waals surface area contributed by atoms with Crippen molar-refractivity contribution in [2.45, 2.75) is 6.92 Å². The molecule has 0 radical (unpaired) electrons. The highest BCUT2D eigenvalue weighted by Gasteiger charge is 1.97. The number of halogens is 1. The van der Waals surface area contributed by atoms with Gasteiger partial charge in [-0.2, -0.15) is 0 Å². The number of hydrogen-bond donors (Lipinski definition) is 1. The van der Waals surface area contributed by atoms with Crippen molar-refractivity contribution in [1.29, 1.82) is 0 Å². The van der Waals surface area contributed by atoms with Crippen LogP contribution in [0.2, 0.25) is 0 Å². The van der Waals surface area contributed by atoms with Gasteiger partial charge in [0.1, 0.15) is 18.1 Å². The second-order valence-electron chi connectivity index (χ2n) is 4.19. The van der Waals surface area contributed by atoms with Crippen LogP contribution in [0.15, 0.2) is 53.0 Å². The van der Waals surface area contributed by atoms with E-state index in [2.05, 4.69) is 21.2 Å². The van der Waals surface area contributed by atoms with E-state index in [0.29, 0.717) is 13.2 Å². The Kier molecular flexibility index (Phi) is 5.74. The topological polar surface area (TPSA) is 30.5 Å². The Morgan fingerprint density at radius 3 is 2.40 bits per heavy atom. The van der Waals surface area contributed by atoms with Crippen molar-refractivity contribution in [3.8, 4) is 11.5 Å². The average Bonchev–Trinajstić information content (AvgIpc) is 2.46. The predicted molar refractivity (Wildman–Crippen MR) is 85.7 cm³/mol. The molecule has 0 saturated heterocycles. The summed E-state index contributed by atoms with van der Waals surface area (Å²) in [6.07, 6.45) is 0. The number of hydrogen-bond acceptors (Lipinski definition) is 3. The lowest BCUT2D eigenvalue weighted by atomic mass is 10.3. The third-order valence-corrected chi connectivity index (χ3v) is 3.19. The van der Waals surface area contributed by atoms with Gasteiger partial charge in [0, 0.05) is 22.8 Å². The van der Waals surface area contributed by atoms with E-state index in [1.807, 2.05) is 55.5 Å². The zero-order valence-corrected chi connectivity index (χ0v) is 13.0. The van der Waals surface area contributed by atoms with Gasteiger partial charge in [-0.3, -0.25) is 0 Å². The highest BCUT2D eigenvalue weighted by atomic mass is 79.9. The summed E-state index contributed by atoms with van der Waals surface area (Å²) in [6, 6.07) is 15.8. The molecule has 0 spiro atoms. The first-order chi connectivity index (χ1) is 9.78. The van der Waals surface area contributed by atoms with Gasteiger partial charge in [0.05, 0.1) is 6.61 Å². The fraction of sp³-hybridized carbons (Fsp3) is 0.250. The molecule has 0 aliphatic rings. The van der Waals surface area contributed by atoms with Gasteiger partial charge in [-0.15, -0.1) is 0 Å². The van der Waals surface area contributed by atoms with Crippen molar-refractivity contribution in [2.75, 3.05) is 25.1 Å². The van der Waals surface area contributed by atoms with Gasteiger partial charge in [0.15, 0.2) is 0 Å². The normalized spacial score (nSPS) is 10.1. The molecule has 20 heavy (non-hydrogen) atoms. The van der Waals surface area contributed by atoms with Crippen molar-refractivity contribution in [3.05, 3.63) is 53.0 Å². The van der Waals surface area contributed by atoms with Gasteiger partial charge >= 0.3 is 0 Å². The lowest BCUT2D eigenvalue weighted by molar-refractivity contribution is 0.319. The Balaban J connectivity index is 1.75. The van der Waals surface area contributed by atoms with Crippen molar-refractivity contribution in [3.63, 3.8) is 0 Å². The molecule has 2 rings (SSSR count). The molecule has 0 aliphatic carbocycles. The highest BCUT2D eigenvalue weighted by Crippen LogP contribution is 2.19. The maximum atomic E-state index is 5.69. The second kappa shape index (κ2) is 7.80. The Labute approximate surface area is 128 Å². The first kappa shape index (κ1) is 14.7. The molecule has 0 saturated carbocycles. The Hall–Kier alpha value is -1.68. The highest BCUT2D eigenvalue weighted by molar-refractivity contribution is 9.10. The van der Waals surface area contributed by atoms with Crippen molar-refractivity contribution >= 4 is 21.6 Å². The molecule has 0 bridgehead atoms. The van der Waals surface area contributed by atoms with Gasteiger partial charge in [0.2, 0.25) is 0 Å². The molecule has 2 aromatic carbocycles. The Bertz CT molecular complexity index is 528. The molecule has 4 heteroatoms. The first-order valence-corrected chi connectivity index (χ1v) is 7.42. The second-order valence-corrected chi connectivity index (χ2v) is 5.11. The number of rotatable bonds is 7. The molecule has 3 nitrogen and oxygen atoms in total. The van der Waals surface area contributed by atoms with E-state index in [-0.39, 0.29) is 0 Å². The molecular formula is C16H18BrNO2. The molecule has 0 atom stereocenters. The van der Waals surface area contributed by atoms with Gasteiger partial charge < -0.3 is 14.8 Å². The fourth-order valence-electron chi connectivity index (χ4n) is 1.75. The minimum atomic E-state index is 0.603. The first-order valence-electron chi connectivity index (χ1n) is 6.63. The Morgan fingerprint density at radius 1 is 1.00 bits per heavy atom. The molecule has 0 unspecified atom stereocenters. The summed E-state index contributed by atoms with van der Waals surface area (Å²) in [6.45, 7) is 3.98. The van der Waals surface area contributed by atoms with E-state index in [1.54, 1.807) is 0 Å². The number of ether oxygens (including phenoxy) is 2. The van der Waals surface area contributed by atoms with Crippen LogP contribution in [0.4, 0.5) is 5.69 Å². The summed E-state index contributed by atoms with van der Waals surface area (Å²) in [7, 11) is 0. The van der Waals surface area contributed by atoms with Crippen LogP contribution in [0, 0.1) is 0 Å². The van der Waals surface area contributed by atoms with Crippen LogP contribution in [-0.2, 0) is 0 Å². The van der Waals surface area contributed by atoms with Crippen LogP contribution < -0.4 is 14.8 Å². The zero-order valence-electron chi connectivity index (χ0n) is 11.4. The molecule has 2 aromatic rings. The van der Waals surface area contributed by atoms with E-state index >= 15 is 0 Å². The quantitative estimate of drug-likeness (QED) is 0.763. The summed E-state index contributed by atoms with van der Waals surface area (Å²) in [5.41, 5.74) is 1.08. The van der Waals surface area contributed by atoms with Gasteiger partial charge in [-0.1, -0.05) is 22.0 Å². The molecule has 0 aromatic heterocycles. The number of nitrogens with one attached hydrogen (secondary N) is 1. The van der Waals surface area contributed by atoms with Crippen LogP contribution >= 0.6 is 15.9 Å². The summed E-state index contributed by atoms with van der Waals surface area (Å²) >= 11 is 3.41. The molecular weight excluding hydrogens is 318 g/mol. The van der Waals surface area contributed by atoms with E-state index in [1.165, 1.54) is 0 Å². The summed E-state index contributed by atoms with van der Waals surface area (Å²) < 4.78 is 12.2. The van der Waals surface area contributed by atoms with E-state index in [9.17, 15) is 0 Å². The van der Waals surface area contributed by atoms with Crippen LogP contribution in [0.3, 0.4) is 0 Å². The lowest BCUT2D eigenvalue weighted by Crippen LogP contribution is -2.11. The number of anilines is 1. The van der Waals surface area contributed by atoms with E-state index in [0.717, 1.165) is 28.2 Å². The largest absolute Gasteiger partial charge is 0.494 e. The number of benzene rings is 2. The van der Waals surface area contributed by atoms with Crippen LogP contribution in [0.25, 0.3) is 0 Å². The molecule has 0 aliphatic heterocycles. The van der Waals surface area contributed by atoms with Crippen molar-refractivity contribution < 1.29 is 9.47 Å². The van der Waals surface area contributed by atoms with Crippen LogP contribution in [-0.4, -0.2) is 19.8 Å². The van der Waals surface area contributed by atoms with Gasteiger partial charge in [0.25, 0.3) is 0 Å². The monoisotopic (exact) mass is 335 g/mol. The van der Waals surface area contributed by atoms with Gasteiger partial charge in [-0.25, -0.2) is 0 Å². The maximum absolute atomic E-state index is 5.69. The van der Waals surface area contributed by atoms with E-state index in [4.69, 9.17) is 9.47 Å². The predicted octanol–water partition coefficient (Wildman–Crippen LogP) is 4.34. The van der Waals surface area contributed by atoms with Gasteiger partial charge in [-0.05, 0) is 43.3 Å². The van der Waals surface area contributed by atoms with E-state index < -0.39 is 0 Å². The third-order valence-electron chi connectivity index (χ3n) is 2.66. The Morgan fingerprint density at radius 2 is 1.70 bits per heavy atom. The fourth-order valence-corrected chi connectivity index (χ4v) is 2.02. The summed E-state index contributed by atoms with van der Waals surface area (Å²) in [5.74, 6) is 1.67. The smallest absolute Gasteiger partial charge is 0.123 e. The SMILES string of the molecule is CCOc1cccc(OCCNc2ccc(Br)cc2)c1. The van der Waals surface area contributed by atoms with Crippen molar-refractivity contribution in [1.82, 2.24) is 0 Å². The van der Waals surface area contributed by atoms with Crippen molar-refractivity contribution in [2.24, 2.45) is 0 Å².